The van der Waals surface area contributed by atoms with Crippen LogP contribution in [0.15, 0.2) is 35.9 Å². The maximum atomic E-state index is 12.2. The monoisotopic (exact) mass is 390 g/mol. The van der Waals surface area contributed by atoms with Crippen LogP contribution in [0.25, 0.3) is 0 Å². The Morgan fingerprint density at radius 3 is 2.36 bits per heavy atom. The van der Waals surface area contributed by atoms with E-state index in [1.165, 1.54) is 13.0 Å². The second-order valence-corrected chi connectivity index (χ2v) is 6.36. The van der Waals surface area contributed by atoms with Crippen molar-refractivity contribution in [2.24, 2.45) is 5.73 Å². The molecule has 7 N–H and O–H groups in total. The Labute approximate surface area is 160 Å². The number of aliphatic hydroxyl groups excluding tert-OH is 2. The van der Waals surface area contributed by atoms with Crippen molar-refractivity contribution < 1.29 is 29.4 Å². The number of primary amides is 1. The van der Waals surface area contributed by atoms with Crippen molar-refractivity contribution in [2.45, 2.75) is 31.6 Å². The Morgan fingerprint density at radius 1 is 1.14 bits per heavy atom. The zero-order valence-corrected chi connectivity index (χ0v) is 15.1. The van der Waals surface area contributed by atoms with Gasteiger partial charge in [0, 0.05) is 23.2 Å². The van der Waals surface area contributed by atoms with Gasteiger partial charge in [-0.25, -0.2) is 4.79 Å². The molecule has 10 heteroatoms. The Morgan fingerprint density at radius 2 is 1.79 bits per heavy atom. The van der Waals surface area contributed by atoms with Crippen LogP contribution in [-0.2, 0) is 9.59 Å². The van der Waals surface area contributed by atoms with Crippen LogP contribution in [0.2, 0.25) is 0 Å². The molecule has 1 aliphatic rings. The summed E-state index contributed by atoms with van der Waals surface area (Å²) in [6, 6.07) is 4.48. The van der Waals surface area contributed by atoms with E-state index in [0.717, 1.165) is 0 Å². The lowest BCUT2D eigenvalue weighted by molar-refractivity contribution is -0.123. The number of nitrogens with one attached hydrogen (secondary N) is 3. The average molecular weight is 390 g/mol. The van der Waals surface area contributed by atoms with Gasteiger partial charge in [0.2, 0.25) is 11.8 Å². The second-order valence-electron chi connectivity index (χ2n) is 6.36. The molecule has 0 radical (unpaired) electrons. The first kappa shape index (κ1) is 21.1. The molecule has 0 saturated heterocycles. The fourth-order valence-electron chi connectivity index (χ4n) is 2.65. The fourth-order valence-corrected chi connectivity index (χ4v) is 2.65. The maximum absolute atomic E-state index is 12.2. The number of benzene rings is 1. The second kappa shape index (κ2) is 9.11. The number of rotatable bonds is 6. The van der Waals surface area contributed by atoms with Gasteiger partial charge in [-0.2, -0.15) is 0 Å². The van der Waals surface area contributed by atoms with Gasteiger partial charge in [-0.1, -0.05) is 6.08 Å². The summed E-state index contributed by atoms with van der Waals surface area (Å²) in [4.78, 5) is 46.2. The number of nitrogens with two attached hydrogens (primary N) is 1. The molecule has 0 aliphatic heterocycles. The van der Waals surface area contributed by atoms with E-state index in [-0.39, 0.29) is 24.3 Å². The van der Waals surface area contributed by atoms with Gasteiger partial charge in [0.15, 0.2) is 5.78 Å². The number of ketones is 1. The minimum absolute atomic E-state index is 0.107. The fraction of sp³-hybridized carbons (Fsp3) is 0.333. The van der Waals surface area contributed by atoms with Crippen molar-refractivity contribution in [3.63, 3.8) is 0 Å². The minimum atomic E-state index is -1.32. The van der Waals surface area contributed by atoms with Gasteiger partial charge in [0.05, 0.1) is 18.7 Å². The summed E-state index contributed by atoms with van der Waals surface area (Å²) in [7, 11) is 0. The van der Waals surface area contributed by atoms with Crippen molar-refractivity contribution >= 4 is 29.3 Å². The lowest BCUT2D eigenvalue weighted by Crippen LogP contribution is -2.52. The largest absolute Gasteiger partial charge is 0.390 e. The highest BCUT2D eigenvalue weighted by Crippen LogP contribution is 2.20. The van der Waals surface area contributed by atoms with Gasteiger partial charge in [0.25, 0.3) is 0 Å². The average Bonchev–Trinajstić information content (AvgIpc) is 2.63. The third-order valence-corrected chi connectivity index (χ3v) is 4.13. The third-order valence-electron chi connectivity index (χ3n) is 4.13. The van der Waals surface area contributed by atoms with Crippen molar-refractivity contribution in [1.29, 1.82) is 0 Å². The lowest BCUT2D eigenvalue weighted by atomic mass is 9.90. The Hall–Kier alpha value is -3.24. The van der Waals surface area contributed by atoms with Gasteiger partial charge < -0.3 is 31.9 Å². The molecule has 3 atom stereocenters. The first-order valence-corrected chi connectivity index (χ1v) is 8.49. The summed E-state index contributed by atoms with van der Waals surface area (Å²) in [6.07, 6.45) is -1.43. The summed E-state index contributed by atoms with van der Waals surface area (Å²) < 4.78 is 0. The molecule has 2 rings (SSSR count). The highest BCUT2D eigenvalue weighted by molar-refractivity contribution is 5.97. The Bertz CT molecular complexity index is 805. The molecule has 0 bridgehead atoms. The van der Waals surface area contributed by atoms with Crippen LogP contribution in [0.1, 0.15) is 23.7 Å². The number of Topliss-reactive ketones (excluding diaryl/α,β-unsaturated/α-hetero) is 1. The lowest BCUT2D eigenvalue weighted by Gasteiger charge is -2.31. The first-order chi connectivity index (χ1) is 13.2. The molecular weight excluding hydrogens is 368 g/mol. The topological polar surface area (TPSA) is 171 Å². The smallest absolute Gasteiger partial charge is 0.319 e. The van der Waals surface area contributed by atoms with E-state index in [9.17, 15) is 29.4 Å². The molecule has 0 aromatic heterocycles. The molecule has 1 aromatic rings. The highest BCUT2D eigenvalue weighted by Gasteiger charge is 2.33. The van der Waals surface area contributed by atoms with E-state index in [2.05, 4.69) is 16.0 Å². The van der Waals surface area contributed by atoms with Gasteiger partial charge in [-0.3, -0.25) is 14.4 Å². The molecule has 1 aliphatic carbocycles. The molecule has 150 valence electrons. The molecule has 0 spiro atoms. The number of hydrogen-bond donors (Lipinski definition) is 6. The predicted molar refractivity (Wildman–Crippen MR) is 99.3 cm³/mol. The van der Waals surface area contributed by atoms with Crippen LogP contribution in [0.5, 0.6) is 0 Å². The molecule has 0 fully saturated rings. The number of amides is 4. The zero-order chi connectivity index (χ0) is 20.8. The quantitative estimate of drug-likeness (QED) is 0.341. The van der Waals surface area contributed by atoms with Crippen LogP contribution >= 0.6 is 0 Å². The van der Waals surface area contributed by atoms with Gasteiger partial charge in [0.1, 0.15) is 6.10 Å². The summed E-state index contributed by atoms with van der Waals surface area (Å²) >= 11 is 0. The molecule has 0 saturated carbocycles. The van der Waals surface area contributed by atoms with Crippen LogP contribution in [-0.4, -0.2) is 58.6 Å². The minimum Gasteiger partial charge on any atom is -0.390 e. The van der Waals surface area contributed by atoms with Crippen molar-refractivity contribution in [1.82, 2.24) is 10.6 Å². The van der Waals surface area contributed by atoms with Crippen LogP contribution in [0, 0.1) is 0 Å². The van der Waals surface area contributed by atoms with E-state index >= 15 is 0 Å². The number of hydrogen-bond acceptors (Lipinski definition) is 6. The molecule has 0 heterocycles. The van der Waals surface area contributed by atoms with Crippen molar-refractivity contribution in [2.75, 3.05) is 11.9 Å². The van der Waals surface area contributed by atoms with Gasteiger partial charge in [-0.05, 0) is 31.2 Å². The van der Waals surface area contributed by atoms with Crippen LogP contribution in [0.4, 0.5) is 10.5 Å². The summed E-state index contributed by atoms with van der Waals surface area (Å²) in [5, 5.41) is 27.3. The Balaban J connectivity index is 2.03. The van der Waals surface area contributed by atoms with Gasteiger partial charge >= 0.3 is 6.03 Å². The SMILES string of the molecule is CC(=O)c1ccc(NC(=O)N[C@H]2C=C(C(=O)NCC(N)=O)C[C@@H](O)[C@@H]2O)cc1. The molecule has 28 heavy (non-hydrogen) atoms. The number of aliphatic hydroxyl groups is 2. The van der Waals surface area contributed by atoms with E-state index in [0.29, 0.717) is 11.3 Å². The number of anilines is 1. The van der Waals surface area contributed by atoms with Gasteiger partial charge in [-0.15, -0.1) is 0 Å². The predicted octanol–water partition coefficient (Wildman–Crippen LogP) is -0.967. The zero-order valence-electron chi connectivity index (χ0n) is 15.1. The number of urea groups is 1. The molecule has 4 amide bonds. The maximum Gasteiger partial charge on any atom is 0.319 e. The Kier molecular flexibility index (Phi) is 6.85. The third kappa shape index (κ3) is 5.63. The van der Waals surface area contributed by atoms with E-state index < -0.39 is 36.1 Å². The summed E-state index contributed by atoms with van der Waals surface area (Å²) in [5.41, 5.74) is 5.98. The van der Waals surface area contributed by atoms with E-state index in [1.54, 1.807) is 24.3 Å². The highest BCUT2D eigenvalue weighted by atomic mass is 16.3. The first-order valence-electron chi connectivity index (χ1n) is 8.49. The summed E-state index contributed by atoms with van der Waals surface area (Å²) in [6.45, 7) is 1.05. The van der Waals surface area contributed by atoms with E-state index in [1.807, 2.05) is 0 Å². The standard InChI is InChI=1S/C18H22N4O6/c1-9(23)10-2-4-12(5-3-10)21-18(28)22-13-6-11(7-14(24)16(13)26)17(27)20-8-15(19)25/h2-6,13-14,16,24,26H,7-8H2,1H3,(H2,19,25)(H,20,27)(H2,21,22,28)/t13-,14+,16+/m0/s1. The van der Waals surface area contributed by atoms with Crippen LogP contribution in [0.3, 0.4) is 0 Å². The molecule has 10 nitrogen and oxygen atoms in total. The summed E-state index contributed by atoms with van der Waals surface area (Å²) in [5.74, 6) is -1.46. The van der Waals surface area contributed by atoms with Crippen molar-refractivity contribution in [3.8, 4) is 0 Å². The molecule has 0 unspecified atom stereocenters. The van der Waals surface area contributed by atoms with Crippen LogP contribution < -0.4 is 21.7 Å². The normalized spacial score (nSPS) is 21.2. The number of carbonyl (C=O) groups excluding carboxylic acids is 4. The molecule has 1 aromatic carbocycles. The van der Waals surface area contributed by atoms with Crippen molar-refractivity contribution in [3.05, 3.63) is 41.5 Å². The van der Waals surface area contributed by atoms with E-state index in [4.69, 9.17) is 5.73 Å². The number of carbonyl (C=O) groups is 4. The molecular formula is C18H22N4O6.